The fourth-order valence-corrected chi connectivity index (χ4v) is 6.11. The minimum absolute atomic E-state index is 0.0979. The van der Waals surface area contributed by atoms with Crippen molar-refractivity contribution in [3.8, 4) is 6.07 Å². The minimum atomic E-state index is -4.24. The molecule has 0 amide bonds. The van der Waals surface area contributed by atoms with E-state index in [9.17, 15) is 14.7 Å². The van der Waals surface area contributed by atoms with E-state index >= 15 is 0 Å². The molecule has 3 heterocycles. The summed E-state index contributed by atoms with van der Waals surface area (Å²) in [6, 6.07) is 5.70. The van der Waals surface area contributed by atoms with Crippen molar-refractivity contribution in [3.63, 3.8) is 0 Å². The van der Waals surface area contributed by atoms with Crippen molar-refractivity contribution in [1.82, 2.24) is 14.6 Å². The summed E-state index contributed by atoms with van der Waals surface area (Å²) in [7, 11) is -4.24. The standard InChI is InChI=1S/C30H50N5O6P/c1-2-3-4-5-6-7-8-9-10-11-12-13-20-38-21-14-15-22-39-42(36,37)40-23-26-18-19-30(24-31,41-26)28-17-16-27-29(32)33-25-34-35(27)28/h16-17,25-26H,2-15,18-23H2,1H3,(H,36,37)(H2,32,33,34)/t26-,30-/m0/s1. The van der Waals surface area contributed by atoms with Gasteiger partial charge in [-0.05, 0) is 44.2 Å². The molecule has 0 aromatic carbocycles. The lowest BCUT2D eigenvalue weighted by Gasteiger charge is -2.22. The van der Waals surface area contributed by atoms with Crippen LogP contribution in [0.5, 0.6) is 0 Å². The fourth-order valence-electron chi connectivity index (χ4n) is 5.32. The van der Waals surface area contributed by atoms with Gasteiger partial charge in [0, 0.05) is 13.2 Å². The highest BCUT2D eigenvalue weighted by molar-refractivity contribution is 7.47. The number of nitrogens with two attached hydrogens (primary N) is 1. The molecule has 42 heavy (non-hydrogen) atoms. The average Bonchev–Trinajstić information content (AvgIpc) is 3.62. The van der Waals surface area contributed by atoms with Gasteiger partial charge >= 0.3 is 7.82 Å². The Hall–Kier alpha value is -2.06. The van der Waals surface area contributed by atoms with Crippen LogP contribution in [0.2, 0.25) is 0 Å². The number of unbranched alkanes of at least 4 members (excludes halogenated alkanes) is 12. The van der Waals surface area contributed by atoms with Crippen LogP contribution >= 0.6 is 7.82 Å². The van der Waals surface area contributed by atoms with E-state index in [1.54, 1.807) is 12.1 Å². The number of fused-ring (bicyclic) bond motifs is 1. The molecule has 0 radical (unpaired) electrons. The van der Waals surface area contributed by atoms with Crippen molar-refractivity contribution in [2.75, 3.05) is 32.2 Å². The lowest BCUT2D eigenvalue weighted by atomic mass is 9.98. The van der Waals surface area contributed by atoms with Crippen molar-refractivity contribution in [3.05, 3.63) is 24.2 Å². The number of nitrogen functional groups attached to an aromatic ring is 1. The van der Waals surface area contributed by atoms with Crippen molar-refractivity contribution in [1.29, 1.82) is 5.26 Å². The summed E-state index contributed by atoms with van der Waals surface area (Å²) in [6.45, 7) is 3.55. The van der Waals surface area contributed by atoms with Crippen LogP contribution in [0.15, 0.2) is 18.5 Å². The first-order valence-electron chi connectivity index (χ1n) is 15.8. The Balaban J connectivity index is 1.19. The van der Waals surface area contributed by atoms with Gasteiger partial charge in [-0.25, -0.2) is 14.1 Å². The molecule has 0 spiro atoms. The molecule has 0 aliphatic carbocycles. The Bertz CT molecular complexity index is 1140. The van der Waals surface area contributed by atoms with Gasteiger partial charge in [-0.2, -0.15) is 10.4 Å². The number of aromatic nitrogens is 3. The highest BCUT2D eigenvalue weighted by Gasteiger charge is 2.45. The number of hydrogen-bond donors (Lipinski definition) is 2. The summed E-state index contributed by atoms with van der Waals surface area (Å²) in [5, 5.41) is 14.1. The number of rotatable bonds is 23. The van der Waals surface area contributed by atoms with E-state index in [1.165, 1.54) is 81.5 Å². The molecule has 3 atom stereocenters. The van der Waals surface area contributed by atoms with Crippen LogP contribution in [0.25, 0.3) is 5.52 Å². The van der Waals surface area contributed by atoms with E-state index in [0.29, 0.717) is 42.9 Å². The molecule has 0 bridgehead atoms. The van der Waals surface area contributed by atoms with Gasteiger partial charge in [0.15, 0.2) is 11.4 Å². The molecule has 2 aromatic heterocycles. The molecular weight excluding hydrogens is 557 g/mol. The van der Waals surface area contributed by atoms with E-state index in [-0.39, 0.29) is 13.2 Å². The Labute approximate surface area is 250 Å². The van der Waals surface area contributed by atoms with E-state index in [2.05, 4.69) is 23.1 Å². The third-order valence-electron chi connectivity index (χ3n) is 7.77. The number of phosphoric ester groups is 1. The van der Waals surface area contributed by atoms with E-state index < -0.39 is 19.5 Å². The maximum absolute atomic E-state index is 12.3. The summed E-state index contributed by atoms with van der Waals surface area (Å²) in [5.74, 6) is 0.298. The molecule has 1 saturated heterocycles. The topological polar surface area (TPSA) is 154 Å². The fraction of sp³-hybridized carbons (Fsp3) is 0.767. The smallest absolute Gasteiger partial charge is 0.382 e. The third-order valence-corrected chi connectivity index (χ3v) is 8.75. The van der Waals surface area contributed by atoms with Gasteiger partial charge in [-0.15, -0.1) is 0 Å². The van der Waals surface area contributed by atoms with Crippen LogP contribution in [0, 0.1) is 11.3 Å². The first-order chi connectivity index (χ1) is 20.4. The molecular formula is C30H50N5O6P. The number of phosphoric acid groups is 1. The lowest BCUT2D eigenvalue weighted by molar-refractivity contribution is -0.0335. The zero-order chi connectivity index (χ0) is 30.1. The highest BCUT2D eigenvalue weighted by atomic mass is 31.2. The normalized spacial score (nSPS) is 20.2. The molecule has 11 nitrogen and oxygen atoms in total. The van der Waals surface area contributed by atoms with Crippen molar-refractivity contribution < 1.29 is 28.0 Å². The predicted molar refractivity (Wildman–Crippen MR) is 162 cm³/mol. The molecule has 3 rings (SSSR count). The maximum Gasteiger partial charge on any atom is 0.472 e. The van der Waals surface area contributed by atoms with Gasteiger partial charge in [-0.1, -0.05) is 77.6 Å². The molecule has 1 unspecified atom stereocenters. The zero-order valence-corrected chi connectivity index (χ0v) is 26.1. The second-order valence-electron chi connectivity index (χ2n) is 11.2. The minimum Gasteiger partial charge on any atom is -0.382 e. The summed E-state index contributed by atoms with van der Waals surface area (Å²) < 4.78 is 35.9. The number of ether oxygens (including phenoxy) is 2. The van der Waals surface area contributed by atoms with Crippen molar-refractivity contribution in [2.24, 2.45) is 0 Å². The van der Waals surface area contributed by atoms with Crippen LogP contribution in [0.4, 0.5) is 5.82 Å². The summed E-state index contributed by atoms with van der Waals surface area (Å²) in [6.07, 6.45) is 18.8. The van der Waals surface area contributed by atoms with Crippen LogP contribution < -0.4 is 5.73 Å². The number of nitrogens with zero attached hydrogens (tertiary/aromatic N) is 4. The van der Waals surface area contributed by atoms with Crippen LogP contribution in [-0.2, 0) is 28.7 Å². The van der Waals surface area contributed by atoms with E-state index in [4.69, 9.17) is 24.3 Å². The monoisotopic (exact) mass is 607 g/mol. The first kappa shape index (κ1) is 34.4. The van der Waals surface area contributed by atoms with Crippen LogP contribution in [0.3, 0.4) is 0 Å². The zero-order valence-electron chi connectivity index (χ0n) is 25.3. The quantitative estimate of drug-likeness (QED) is 0.101. The Kier molecular flexibility index (Phi) is 15.2. The average molecular weight is 608 g/mol. The summed E-state index contributed by atoms with van der Waals surface area (Å²) >= 11 is 0. The molecule has 3 N–H and O–H groups in total. The largest absolute Gasteiger partial charge is 0.472 e. The van der Waals surface area contributed by atoms with Gasteiger partial charge in [0.25, 0.3) is 0 Å². The van der Waals surface area contributed by atoms with Crippen LogP contribution in [0.1, 0.15) is 115 Å². The van der Waals surface area contributed by atoms with Crippen molar-refractivity contribution in [2.45, 2.75) is 121 Å². The molecule has 0 saturated carbocycles. The first-order valence-corrected chi connectivity index (χ1v) is 17.3. The molecule has 12 heteroatoms. The van der Waals surface area contributed by atoms with E-state index in [1.807, 2.05) is 0 Å². The Morgan fingerprint density at radius 2 is 1.64 bits per heavy atom. The number of anilines is 1. The van der Waals surface area contributed by atoms with Gasteiger partial charge < -0.3 is 20.1 Å². The van der Waals surface area contributed by atoms with Gasteiger partial charge in [0.05, 0.1) is 25.0 Å². The molecule has 2 aromatic rings. The van der Waals surface area contributed by atoms with Gasteiger partial charge in [0.2, 0.25) is 0 Å². The molecule has 1 fully saturated rings. The molecule has 1 aliphatic heterocycles. The molecule has 236 valence electrons. The number of nitriles is 1. The maximum atomic E-state index is 12.3. The van der Waals surface area contributed by atoms with E-state index in [0.717, 1.165) is 19.4 Å². The third kappa shape index (κ3) is 11.2. The Morgan fingerprint density at radius 3 is 2.31 bits per heavy atom. The van der Waals surface area contributed by atoms with Crippen LogP contribution in [-0.4, -0.2) is 52.0 Å². The summed E-state index contributed by atoms with van der Waals surface area (Å²) in [5.41, 5.74) is 5.74. The Morgan fingerprint density at radius 1 is 1.02 bits per heavy atom. The van der Waals surface area contributed by atoms with Crippen molar-refractivity contribution >= 4 is 19.2 Å². The number of hydrogen-bond acceptors (Lipinski definition) is 9. The SMILES string of the molecule is CCCCCCCCCCCCCCOCCCCOP(=O)(O)OC[C@@H]1CC[C@](C#N)(c2ccc3c(N)ncnn23)O1. The second-order valence-corrected chi connectivity index (χ2v) is 12.6. The predicted octanol–water partition coefficient (Wildman–Crippen LogP) is 6.84. The van der Waals surface area contributed by atoms with Gasteiger partial charge in [0.1, 0.15) is 17.9 Å². The lowest BCUT2D eigenvalue weighted by Crippen LogP contribution is -2.28. The molecule has 1 aliphatic rings. The second kappa shape index (κ2) is 18.6. The summed E-state index contributed by atoms with van der Waals surface area (Å²) in [4.78, 5) is 14.0. The highest BCUT2D eigenvalue weighted by Crippen LogP contribution is 2.46. The van der Waals surface area contributed by atoms with Gasteiger partial charge in [-0.3, -0.25) is 9.05 Å².